The molecule has 0 radical (unpaired) electrons. The fraction of sp³-hybridized carbons (Fsp3) is 0.222. The average Bonchev–Trinajstić information content (AvgIpc) is 2.96. The van der Waals surface area contributed by atoms with Crippen molar-refractivity contribution in [3.8, 4) is 0 Å². The van der Waals surface area contributed by atoms with Gasteiger partial charge in [0, 0.05) is 18.4 Å². The number of hydrogen-bond donors (Lipinski definition) is 0. The summed E-state index contributed by atoms with van der Waals surface area (Å²) in [6.45, 7) is 1.97. The van der Waals surface area contributed by atoms with Crippen molar-refractivity contribution < 1.29 is 9.63 Å². The summed E-state index contributed by atoms with van der Waals surface area (Å²) in [6.07, 6.45) is 1.30. The molecule has 21 heavy (non-hydrogen) atoms. The van der Waals surface area contributed by atoms with Crippen LogP contribution in [0.1, 0.15) is 27.9 Å². The molecule has 2 aromatic carbocycles. The second kappa shape index (κ2) is 5.92. The first-order valence-corrected chi connectivity index (χ1v) is 7.10. The van der Waals surface area contributed by atoms with Gasteiger partial charge in [-0.25, -0.2) is 0 Å². The first-order valence-electron chi connectivity index (χ1n) is 7.10. The van der Waals surface area contributed by atoms with E-state index in [1.807, 2.05) is 49.4 Å². The molecule has 0 saturated carbocycles. The van der Waals surface area contributed by atoms with Crippen molar-refractivity contribution in [1.29, 1.82) is 0 Å². The minimum Gasteiger partial charge on any atom is -0.391 e. The lowest BCUT2D eigenvalue weighted by molar-refractivity contribution is 0.0858. The topological polar surface area (TPSA) is 38.7 Å². The van der Waals surface area contributed by atoms with Gasteiger partial charge < -0.3 is 4.84 Å². The van der Waals surface area contributed by atoms with E-state index in [1.54, 1.807) is 0 Å². The van der Waals surface area contributed by atoms with Gasteiger partial charge >= 0.3 is 0 Å². The molecule has 1 unspecified atom stereocenters. The number of ketones is 1. The van der Waals surface area contributed by atoms with E-state index in [4.69, 9.17) is 4.84 Å². The number of oxime groups is 1. The number of carbonyl (C=O) groups excluding carboxylic acids is 1. The summed E-state index contributed by atoms with van der Waals surface area (Å²) in [5, 5.41) is 3.99. The van der Waals surface area contributed by atoms with Gasteiger partial charge in [0.05, 0.1) is 0 Å². The van der Waals surface area contributed by atoms with E-state index in [1.165, 1.54) is 5.56 Å². The van der Waals surface area contributed by atoms with Gasteiger partial charge in [-0.2, -0.15) is 0 Å². The summed E-state index contributed by atoms with van der Waals surface area (Å²) in [5.41, 5.74) is 3.46. The van der Waals surface area contributed by atoms with Crippen LogP contribution in [0.4, 0.5) is 0 Å². The molecule has 0 spiro atoms. The zero-order valence-electron chi connectivity index (χ0n) is 12.0. The lowest BCUT2D eigenvalue weighted by Gasteiger charge is -2.07. The van der Waals surface area contributed by atoms with Crippen LogP contribution >= 0.6 is 0 Å². The zero-order chi connectivity index (χ0) is 14.7. The van der Waals surface area contributed by atoms with Crippen LogP contribution < -0.4 is 0 Å². The maximum absolute atomic E-state index is 12.4. The van der Waals surface area contributed by atoms with Gasteiger partial charge in [-0.3, -0.25) is 4.79 Å². The van der Waals surface area contributed by atoms with Crippen LogP contribution in [-0.2, 0) is 11.3 Å². The van der Waals surface area contributed by atoms with E-state index in [0.29, 0.717) is 17.7 Å². The summed E-state index contributed by atoms with van der Waals surface area (Å²) in [4.78, 5) is 17.8. The molecular weight excluding hydrogens is 262 g/mol. The van der Waals surface area contributed by atoms with Crippen LogP contribution in [0.15, 0.2) is 59.8 Å². The number of benzene rings is 2. The standard InChI is InChI=1S/C18H17NO2/c1-13-6-5-9-15(10-13)18(20)17-12-16(21-19-17)11-14-7-3-2-4-8-14/h2-10,16H,11-12H2,1H3. The highest BCUT2D eigenvalue weighted by molar-refractivity contribution is 6.46. The molecule has 0 amide bonds. The lowest BCUT2D eigenvalue weighted by Crippen LogP contribution is -2.17. The molecule has 1 aliphatic heterocycles. The Balaban J connectivity index is 1.65. The zero-order valence-corrected chi connectivity index (χ0v) is 12.0. The summed E-state index contributed by atoms with van der Waals surface area (Å²) < 4.78 is 0. The van der Waals surface area contributed by atoms with Crippen molar-refractivity contribution in [3.05, 3.63) is 71.3 Å². The van der Waals surface area contributed by atoms with Crippen LogP contribution in [0.2, 0.25) is 0 Å². The molecule has 3 heteroatoms. The Labute approximate surface area is 124 Å². The number of rotatable bonds is 4. The number of hydrogen-bond acceptors (Lipinski definition) is 3. The van der Waals surface area contributed by atoms with Crippen molar-refractivity contribution in [2.24, 2.45) is 5.16 Å². The van der Waals surface area contributed by atoms with E-state index in [0.717, 1.165) is 12.0 Å². The van der Waals surface area contributed by atoms with E-state index >= 15 is 0 Å². The molecule has 1 atom stereocenters. The highest BCUT2D eigenvalue weighted by atomic mass is 16.6. The molecule has 0 aliphatic carbocycles. The molecule has 0 saturated heterocycles. The Morgan fingerprint density at radius 1 is 1.19 bits per heavy atom. The number of aryl methyl sites for hydroxylation is 1. The van der Waals surface area contributed by atoms with Crippen LogP contribution in [0.3, 0.4) is 0 Å². The van der Waals surface area contributed by atoms with E-state index in [-0.39, 0.29) is 11.9 Å². The lowest BCUT2D eigenvalue weighted by atomic mass is 9.98. The van der Waals surface area contributed by atoms with E-state index in [2.05, 4.69) is 17.3 Å². The molecule has 3 nitrogen and oxygen atoms in total. The highest BCUT2D eigenvalue weighted by Crippen LogP contribution is 2.18. The number of Topliss-reactive ketones (excluding diaryl/α,β-unsaturated/α-hetero) is 1. The van der Waals surface area contributed by atoms with Gasteiger partial charge in [-0.1, -0.05) is 59.3 Å². The molecule has 2 aromatic rings. The van der Waals surface area contributed by atoms with Gasteiger partial charge in [0.2, 0.25) is 5.78 Å². The average molecular weight is 279 g/mol. The molecule has 0 fully saturated rings. The van der Waals surface area contributed by atoms with Crippen molar-refractivity contribution in [3.63, 3.8) is 0 Å². The van der Waals surface area contributed by atoms with Gasteiger partial charge in [0.1, 0.15) is 11.8 Å². The van der Waals surface area contributed by atoms with Gasteiger partial charge in [0.25, 0.3) is 0 Å². The minimum atomic E-state index is -0.0452. The second-order valence-electron chi connectivity index (χ2n) is 5.36. The maximum atomic E-state index is 12.4. The van der Waals surface area contributed by atoms with Crippen molar-refractivity contribution in [1.82, 2.24) is 0 Å². The monoisotopic (exact) mass is 279 g/mol. The minimum absolute atomic E-state index is 0.0331. The summed E-state index contributed by atoms with van der Waals surface area (Å²) in [6, 6.07) is 17.7. The Kier molecular flexibility index (Phi) is 3.82. The van der Waals surface area contributed by atoms with Crippen LogP contribution in [-0.4, -0.2) is 17.6 Å². The van der Waals surface area contributed by atoms with Crippen molar-refractivity contribution in [2.45, 2.75) is 25.9 Å². The first-order chi connectivity index (χ1) is 10.2. The first kappa shape index (κ1) is 13.6. The van der Waals surface area contributed by atoms with E-state index < -0.39 is 0 Å². The smallest absolute Gasteiger partial charge is 0.210 e. The molecule has 106 valence electrons. The van der Waals surface area contributed by atoms with Crippen LogP contribution in [0.5, 0.6) is 0 Å². The van der Waals surface area contributed by atoms with Gasteiger partial charge in [-0.15, -0.1) is 0 Å². The largest absolute Gasteiger partial charge is 0.391 e. The molecule has 1 aliphatic rings. The van der Waals surface area contributed by atoms with Crippen molar-refractivity contribution >= 4 is 11.5 Å². The number of nitrogens with zero attached hydrogens (tertiary/aromatic N) is 1. The Bertz CT molecular complexity index is 677. The molecule has 3 rings (SSSR count). The highest BCUT2D eigenvalue weighted by Gasteiger charge is 2.26. The maximum Gasteiger partial charge on any atom is 0.210 e. The molecule has 0 N–H and O–H groups in total. The van der Waals surface area contributed by atoms with Gasteiger partial charge in [-0.05, 0) is 18.6 Å². The third-order valence-electron chi connectivity index (χ3n) is 3.58. The molecule has 1 heterocycles. The third kappa shape index (κ3) is 3.19. The van der Waals surface area contributed by atoms with E-state index in [9.17, 15) is 4.79 Å². The normalized spacial score (nSPS) is 17.2. The van der Waals surface area contributed by atoms with Crippen LogP contribution in [0.25, 0.3) is 0 Å². The molecular formula is C18H17NO2. The summed E-state index contributed by atoms with van der Waals surface area (Å²) in [7, 11) is 0. The predicted octanol–water partition coefficient (Wildman–Crippen LogP) is 3.57. The molecule has 0 aromatic heterocycles. The summed E-state index contributed by atoms with van der Waals surface area (Å²) >= 11 is 0. The quantitative estimate of drug-likeness (QED) is 0.803. The third-order valence-corrected chi connectivity index (χ3v) is 3.58. The molecule has 0 bridgehead atoms. The summed E-state index contributed by atoms with van der Waals surface area (Å²) in [5.74, 6) is -0.0331. The van der Waals surface area contributed by atoms with Gasteiger partial charge in [0.15, 0.2) is 0 Å². The fourth-order valence-corrected chi connectivity index (χ4v) is 2.50. The predicted molar refractivity (Wildman–Crippen MR) is 82.6 cm³/mol. The Morgan fingerprint density at radius 2 is 2.00 bits per heavy atom. The second-order valence-corrected chi connectivity index (χ2v) is 5.36. The number of carbonyl (C=O) groups is 1. The Morgan fingerprint density at radius 3 is 2.76 bits per heavy atom. The van der Waals surface area contributed by atoms with Crippen LogP contribution in [0, 0.1) is 6.92 Å². The Hall–Kier alpha value is -2.42. The fourth-order valence-electron chi connectivity index (χ4n) is 2.50. The van der Waals surface area contributed by atoms with Crippen molar-refractivity contribution in [2.75, 3.05) is 0 Å². The SMILES string of the molecule is Cc1cccc(C(=O)C2=NOC(Cc3ccccc3)C2)c1.